The Morgan fingerprint density at radius 1 is 1.27 bits per heavy atom. The molecule has 0 aliphatic rings. The highest BCUT2D eigenvalue weighted by Gasteiger charge is 2.18. The van der Waals surface area contributed by atoms with Gasteiger partial charge in [0.25, 0.3) is 5.91 Å². The molecule has 0 aliphatic heterocycles. The first kappa shape index (κ1) is 19.2. The molecule has 1 heterocycles. The van der Waals surface area contributed by atoms with E-state index in [0.717, 1.165) is 12.0 Å². The second-order valence-corrected chi connectivity index (χ2v) is 5.72. The fourth-order valence-corrected chi connectivity index (χ4v) is 2.21. The summed E-state index contributed by atoms with van der Waals surface area (Å²) in [5.74, 6) is -1.70. The van der Waals surface area contributed by atoms with Crippen molar-refractivity contribution in [3.8, 4) is 0 Å². The molecule has 2 rings (SSSR count). The second-order valence-electron chi connectivity index (χ2n) is 5.72. The monoisotopic (exact) mass is 359 g/mol. The van der Waals surface area contributed by atoms with Crippen molar-refractivity contribution >= 4 is 23.5 Å². The van der Waals surface area contributed by atoms with Gasteiger partial charge < -0.3 is 19.5 Å². The van der Waals surface area contributed by atoms with Crippen LogP contribution in [0, 0.1) is 6.92 Å². The molecule has 0 bridgehead atoms. The van der Waals surface area contributed by atoms with Gasteiger partial charge in [-0.15, -0.1) is 0 Å². The van der Waals surface area contributed by atoms with E-state index in [1.807, 2.05) is 25.1 Å². The van der Waals surface area contributed by atoms with Crippen LogP contribution in [0.3, 0.4) is 0 Å². The van der Waals surface area contributed by atoms with Gasteiger partial charge in [0.2, 0.25) is 11.7 Å². The molecule has 2 amide bonds. The number of carbonyl (C=O) groups excluding carboxylic acids is 3. The smallest absolute Gasteiger partial charge is 0.377 e. The third-order valence-electron chi connectivity index (χ3n) is 3.63. The molecule has 0 fully saturated rings. The minimum absolute atomic E-state index is 0.0770. The second kappa shape index (κ2) is 8.80. The number of hydrogen-bond acceptors (Lipinski definition) is 6. The molecule has 0 saturated carbocycles. The topological polar surface area (TPSA) is 102 Å². The average molecular weight is 359 g/mol. The number of para-hydroxylation sites is 1. The molecular weight excluding hydrogens is 338 g/mol. The van der Waals surface area contributed by atoms with Gasteiger partial charge in [0.15, 0.2) is 6.61 Å². The molecule has 1 aromatic heterocycles. The van der Waals surface area contributed by atoms with Crippen molar-refractivity contribution in [1.29, 1.82) is 0 Å². The number of amides is 2. The number of aromatic nitrogens is 1. The van der Waals surface area contributed by atoms with Crippen LogP contribution >= 0.6 is 0 Å². The number of esters is 1. The van der Waals surface area contributed by atoms with Crippen molar-refractivity contribution in [2.75, 3.05) is 25.5 Å². The van der Waals surface area contributed by atoms with Crippen molar-refractivity contribution in [1.82, 2.24) is 10.1 Å². The molecule has 1 aromatic carbocycles. The highest BCUT2D eigenvalue weighted by atomic mass is 16.6. The van der Waals surface area contributed by atoms with Gasteiger partial charge >= 0.3 is 5.97 Å². The lowest BCUT2D eigenvalue weighted by molar-refractivity contribution is -0.136. The fraction of sp³-hybridized carbons (Fsp3) is 0.333. The van der Waals surface area contributed by atoms with Crippen LogP contribution in [0.1, 0.15) is 28.7 Å². The number of nitrogens with one attached hydrogen (secondary N) is 1. The Bertz CT molecular complexity index is 800. The van der Waals surface area contributed by atoms with E-state index in [4.69, 9.17) is 9.26 Å². The Labute approximate surface area is 151 Å². The summed E-state index contributed by atoms with van der Waals surface area (Å²) in [5.41, 5.74) is 2.25. The number of aryl methyl sites for hydroxylation is 2. The van der Waals surface area contributed by atoms with Crippen molar-refractivity contribution in [2.45, 2.75) is 20.3 Å². The minimum atomic E-state index is -0.784. The van der Waals surface area contributed by atoms with Crippen molar-refractivity contribution in [3.05, 3.63) is 47.3 Å². The summed E-state index contributed by atoms with van der Waals surface area (Å²) in [5, 5.41) is 6.35. The first-order chi connectivity index (χ1) is 12.4. The molecule has 0 radical (unpaired) electrons. The summed E-state index contributed by atoms with van der Waals surface area (Å²) >= 11 is 0. The molecule has 1 N–H and O–H groups in total. The van der Waals surface area contributed by atoms with Crippen LogP contribution in [0.25, 0.3) is 0 Å². The van der Waals surface area contributed by atoms with Gasteiger partial charge in [-0.2, -0.15) is 0 Å². The van der Waals surface area contributed by atoms with E-state index >= 15 is 0 Å². The lowest BCUT2D eigenvalue weighted by Gasteiger charge is -2.17. The van der Waals surface area contributed by atoms with Crippen LogP contribution < -0.4 is 5.32 Å². The van der Waals surface area contributed by atoms with Gasteiger partial charge in [0.1, 0.15) is 0 Å². The first-order valence-electron chi connectivity index (χ1n) is 8.12. The Morgan fingerprint density at radius 3 is 2.65 bits per heavy atom. The van der Waals surface area contributed by atoms with E-state index in [1.54, 1.807) is 13.0 Å². The van der Waals surface area contributed by atoms with E-state index in [-0.39, 0.29) is 18.2 Å². The molecule has 0 aliphatic carbocycles. The van der Waals surface area contributed by atoms with Crippen LogP contribution in [0.5, 0.6) is 0 Å². The van der Waals surface area contributed by atoms with Gasteiger partial charge in [-0.3, -0.25) is 9.59 Å². The van der Waals surface area contributed by atoms with Gasteiger partial charge in [-0.25, -0.2) is 4.79 Å². The Kier molecular flexibility index (Phi) is 6.48. The summed E-state index contributed by atoms with van der Waals surface area (Å²) in [7, 11) is 1.46. The molecule has 26 heavy (non-hydrogen) atoms. The molecule has 0 saturated heterocycles. The molecule has 2 aromatic rings. The Hall–Kier alpha value is -3.16. The maximum Gasteiger partial charge on any atom is 0.377 e. The van der Waals surface area contributed by atoms with Gasteiger partial charge in [-0.1, -0.05) is 30.3 Å². The zero-order valence-corrected chi connectivity index (χ0v) is 14.9. The van der Waals surface area contributed by atoms with Gasteiger partial charge in [-0.05, 0) is 25.0 Å². The lowest BCUT2D eigenvalue weighted by atomic mass is 10.1. The van der Waals surface area contributed by atoms with Crippen molar-refractivity contribution in [2.24, 2.45) is 0 Å². The third kappa shape index (κ3) is 5.17. The number of nitrogens with zero attached hydrogens (tertiary/aromatic N) is 2. The summed E-state index contributed by atoms with van der Waals surface area (Å²) in [4.78, 5) is 37.0. The zero-order chi connectivity index (χ0) is 19.1. The Balaban J connectivity index is 1.82. The predicted molar refractivity (Wildman–Crippen MR) is 93.6 cm³/mol. The van der Waals surface area contributed by atoms with E-state index in [2.05, 4.69) is 10.5 Å². The van der Waals surface area contributed by atoms with Gasteiger partial charge in [0, 0.05) is 18.8 Å². The lowest BCUT2D eigenvalue weighted by Crippen LogP contribution is -2.37. The SMILES string of the molecule is CCc1ccccc1NC(=O)CN(C)C(=O)COC(=O)c1cc(C)no1. The van der Waals surface area contributed by atoms with Crippen LogP contribution in [0.15, 0.2) is 34.9 Å². The van der Waals surface area contributed by atoms with E-state index in [0.29, 0.717) is 11.4 Å². The molecule has 0 unspecified atom stereocenters. The molecule has 8 nitrogen and oxygen atoms in total. The highest BCUT2D eigenvalue weighted by Crippen LogP contribution is 2.15. The number of benzene rings is 1. The summed E-state index contributed by atoms with van der Waals surface area (Å²) < 4.78 is 9.62. The number of anilines is 1. The number of likely N-dealkylation sites (N-methyl/N-ethyl adjacent to an activating group) is 1. The van der Waals surface area contributed by atoms with Crippen LogP contribution in [0.4, 0.5) is 5.69 Å². The first-order valence-corrected chi connectivity index (χ1v) is 8.12. The number of hydrogen-bond donors (Lipinski definition) is 1. The van der Waals surface area contributed by atoms with Gasteiger partial charge in [0.05, 0.1) is 12.2 Å². The summed E-state index contributed by atoms with van der Waals surface area (Å²) in [6, 6.07) is 8.87. The summed E-state index contributed by atoms with van der Waals surface area (Å²) in [6.07, 6.45) is 0.780. The van der Waals surface area contributed by atoms with Crippen LogP contribution in [-0.2, 0) is 20.7 Å². The standard InChI is InChI=1S/C18H21N3O5/c1-4-13-7-5-6-8-14(13)19-16(22)10-21(3)17(23)11-25-18(24)15-9-12(2)20-26-15/h5-9H,4,10-11H2,1-3H3,(H,19,22). The van der Waals surface area contributed by atoms with E-state index < -0.39 is 18.5 Å². The average Bonchev–Trinajstić information content (AvgIpc) is 3.06. The Morgan fingerprint density at radius 2 is 2.00 bits per heavy atom. The third-order valence-corrected chi connectivity index (χ3v) is 3.63. The van der Waals surface area contributed by atoms with Crippen LogP contribution in [0.2, 0.25) is 0 Å². The molecule has 0 spiro atoms. The molecular formula is C18H21N3O5. The fourth-order valence-electron chi connectivity index (χ4n) is 2.21. The number of rotatable bonds is 7. The number of carbonyl (C=O) groups is 3. The zero-order valence-electron chi connectivity index (χ0n) is 14.9. The minimum Gasteiger partial charge on any atom is -0.450 e. The summed E-state index contributed by atoms with van der Waals surface area (Å²) in [6.45, 7) is 3.00. The molecule has 138 valence electrons. The molecule has 8 heteroatoms. The highest BCUT2D eigenvalue weighted by molar-refractivity contribution is 5.95. The predicted octanol–water partition coefficient (Wildman–Crippen LogP) is 1.80. The van der Waals surface area contributed by atoms with E-state index in [9.17, 15) is 14.4 Å². The maximum absolute atomic E-state index is 12.1. The van der Waals surface area contributed by atoms with Crippen LogP contribution in [-0.4, -0.2) is 48.0 Å². The van der Waals surface area contributed by atoms with E-state index in [1.165, 1.54) is 18.0 Å². The van der Waals surface area contributed by atoms with Crippen molar-refractivity contribution < 1.29 is 23.6 Å². The largest absolute Gasteiger partial charge is 0.450 e. The number of ether oxygens (including phenoxy) is 1. The van der Waals surface area contributed by atoms with Crippen molar-refractivity contribution in [3.63, 3.8) is 0 Å². The normalized spacial score (nSPS) is 10.3. The maximum atomic E-state index is 12.1. The molecule has 0 atom stereocenters. The quantitative estimate of drug-likeness (QED) is 0.757.